The first-order chi connectivity index (χ1) is 26.8. The summed E-state index contributed by atoms with van der Waals surface area (Å²) >= 11 is 0. The van der Waals surface area contributed by atoms with Crippen LogP contribution in [0.25, 0.3) is 0 Å². The van der Waals surface area contributed by atoms with E-state index in [1.54, 1.807) is 0 Å². The minimum absolute atomic E-state index is 1.43. The van der Waals surface area contributed by atoms with Gasteiger partial charge in [0.05, 0.1) is 0 Å². The summed E-state index contributed by atoms with van der Waals surface area (Å²) in [7, 11) is -29.3. The Labute approximate surface area is 425 Å². The largest absolute Gasteiger partial charge is 0.0739 e. The third-order valence-electron chi connectivity index (χ3n) is 27.1. The molecule has 0 atom stereocenters. The van der Waals surface area contributed by atoms with E-state index >= 15 is 0 Å². The zero-order chi connectivity index (χ0) is 53.0. The number of hydrogen-bond donors (Lipinski definition) is 0. The Morgan fingerprint density at radius 1 is 0.156 bits per heavy atom. The van der Waals surface area contributed by atoms with Gasteiger partial charge in [0.25, 0.3) is 0 Å². The molecule has 0 unspecified atom stereocenters. The maximum atomic E-state index is 3.39. The summed E-state index contributed by atoms with van der Waals surface area (Å²) in [6, 6.07) is 0. The van der Waals surface area contributed by atoms with Crippen LogP contribution in [0.5, 0.6) is 0 Å². The second kappa shape index (κ2) is 16.2. The summed E-state index contributed by atoms with van der Waals surface area (Å²) in [5.41, 5.74) is 0. The smallest absolute Gasteiger partial charge is 0.0308 e. The summed E-state index contributed by atoms with van der Waals surface area (Å²) < 4.78 is 0. The Balaban J connectivity index is 3.63. The lowest BCUT2D eigenvalue weighted by Crippen LogP contribution is -3.18. The van der Waals surface area contributed by atoms with Gasteiger partial charge in [-0.2, -0.15) is 0 Å². The zero-order valence-electron chi connectivity index (χ0n) is 53.0. The molecule has 0 aromatic rings. The zero-order valence-corrected chi connectivity index (χ0v) is 75.0. The standard InChI is InChI=1S/C42H126Si22/c1-43(2,3)61(44(4,5)6)53(27,28)57(35,36)63(47(13,14)15,58(37,38)54(61,29)30)51(23,24)49(19,20)50(21,22)52(25,26)64(48(16,17)18)59(39,40)55(31,32)62(45(7,8)9,46(10,11)12)56(33,34)60(64,41)42/h1-42H3. The van der Waals surface area contributed by atoms with Crippen molar-refractivity contribution in [2.75, 3.05) is 0 Å². The third-order valence-corrected chi connectivity index (χ3v) is 730. The molecule has 2 aliphatic heterocycles. The van der Waals surface area contributed by atoms with E-state index in [-0.39, 0.29) is 0 Å². The molecule has 64 heavy (non-hydrogen) atoms. The Morgan fingerprint density at radius 2 is 0.250 bits per heavy atom. The Morgan fingerprint density at radius 3 is 0.344 bits per heavy atom. The molecule has 0 spiro atoms. The van der Waals surface area contributed by atoms with Crippen molar-refractivity contribution in [1.29, 1.82) is 0 Å². The van der Waals surface area contributed by atoms with Gasteiger partial charge < -0.3 is 0 Å². The second-order valence-electron chi connectivity index (χ2n) is 36.0. The van der Waals surface area contributed by atoms with Crippen LogP contribution in [-0.4, -0.2) is 155 Å². The molecule has 2 fully saturated rings. The van der Waals surface area contributed by atoms with Crippen LogP contribution >= 0.6 is 0 Å². The molecular weight excluding hydrogens is 1120 g/mol. The van der Waals surface area contributed by atoms with Gasteiger partial charge in [-0.25, -0.2) is 0 Å². The molecule has 0 amide bonds. The maximum Gasteiger partial charge on any atom is 0.0308 e. The highest BCUT2D eigenvalue weighted by molar-refractivity contribution is 8.41. The minimum Gasteiger partial charge on any atom is -0.0739 e. The molecule has 2 rings (SSSR count). The molecule has 0 saturated carbocycles. The lowest BCUT2D eigenvalue weighted by molar-refractivity contribution is 1.71. The number of hydrogen-bond acceptors (Lipinski definition) is 0. The average molecular weight is 1250 g/mol. The predicted molar refractivity (Wildman–Crippen MR) is 373 cm³/mol. The normalized spacial score (nSPS) is 27.5. The van der Waals surface area contributed by atoms with Crippen molar-refractivity contribution < 1.29 is 0 Å². The fourth-order valence-corrected chi connectivity index (χ4v) is 1500. The molecule has 0 radical (unpaired) electrons. The highest BCUT2D eigenvalue weighted by Gasteiger charge is 2.93. The fraction of sp³-hybridized carbons (Fsp3) is 1.00. The molecule has 0 bridgehead atoms. The molecule has 0 aromatic carbocycles. The average Bonchev–Trinajstić information content (AvgIpc) is 2.89. The number of rotatable bonds is 11. The van der Waals surface area contributed by atoms with Gasteiger partial charge in [0.2, 0.25) is 0 Å². The first kappa shape index (κ1) is 64.9. The minimum atomic E-state index is -1.80. The highest BCUT2D eigenvalue weighted by Crippen LogP contribution is 2.66. The van der Waals surface area contributed by atoms with E-state index in [4.69, 9.17) is 0 Å². The van der Waals surface area contributed by atoms with E-state index in [0.29, 0.717) is 0 Å². The van der Waals surface area contributed by atoms with Crippen molar-refractivity contribution in [3.8, 4) is 0 Å². The molecule has 0 aromatic heterocycles. The van der Waals surface area contributed by atoms with Gasteiger partial charge in [0.15, 0.2) is 0 Å². The topological polar surface area (TPSA) is 0 Å². The SMILES string of the molecule is C[Si](C)(C)[Si]1([Si](C)(C)C)[Si](C)(C)[Si](C)(C)[Si]([Si](C)(C)C)([Si](C)(C)[Si](C)(C)[Si](C)(C)[Si](C)(C)[Si]2([Si](C)(C)C)[Si](C)(C)[Si](C)(C)[Si]([Si](C)(C)C)([Si](C)(C)C)[Si](C)(C)[Si]2(C)C)[Si](C)(C)[Si]1(C)C. The third kappa shape index (κ3) is 6.44. The quantitative estimate of drug-likeness (QED) is 0.181. The van der Waals surface area contributed by atoms with E-state index in [2.05, 4.69) is 275 Å². The highest BCUT2D eigenvalue weighted by atomic mass is 30.6. The first-order valence-electron chi connectivity index (χ1n) is 26.8. The predicted octanol–water partition coefficient (Wildman–Crippen LogP) is 16.1. The fourth-order valence-electron chi connectivity index (χ4n) is 27.9. The van der Waals surface area contributed by atoms with Gasteiger partial charge in [-0.1, -0.05) is 275 Å². The van der Waals surface area contributed by atoms with Gasteiger partial charge in [-0.15, -0.1) is 0 Å². The van der Waals surface area contributed by atoms with Gasteiger partial charge >= 0.3 is 0 Å². The van der Waals surface area contributed by atoms with Crippen LogP contribution in [0.2, 0.25) is 275 Å². The van der Waals surface area contributed by atoms with Crippen molar-refractivity contribution in [3.05, 3.63) is 0 Å². The Hall–Kier alpha value is 4.77. The second-order valence-corrected chi connectivity index (χ2v) is 315. The van der Waals surface area contributed by atoms with E-state index in [9.17, 15) is 0 Å². The molecule has 382 valence electrons. The maximum absolute atomic E-state index is 3.39. The van der Waals surface area contributed by atoms with Crippen molar-refractivity contribution in [2.45, 2.75) is 275 Å². The monoisotopic (exact) mass is 1250 g/mol. The van der Waals surface area contributed by atoms with Crippen molar-refractivity contribution in [2.24, 2.45) is 0 Å². The first-order valence-corrected chi connectivity index (χ1v) is 115. The lowest BCUT2D eigenvalue weighted by Gasteiger charge is -2.87. The molecule has 2 saturated heterocycles. The van der Waals surface area contributed by atoms with Crippen LogP contribution in [0.1, 0.15) is 0 Å². The molecular formula is C42H126Si22. The van der Waals surface area contributed by atoms with Gasteiger partial charge in [0.1, 0.15) is 0 Å². The summed E-state index contributed by atoms with van der Waals surface area (Å²) in [5.74, 6) is 0. The Bertz CT molecular complexity index is 1590. The van der Waals surface area contributed by atoms with Crippen LogP contribution in [0.4, 0.5) is 0 Å². The van der Waals surface area contributed by atoms with Crippen LogP contribution in [0.3, 0.4) is 0 Å². The van der Waals surface area contributed by atoms with E-state index < -0.39 is 155 Å². The van der Waals surface area contributed by atoms with E-state index in [1.807, 2.05) is 0 Å². The van der Waals surface area contributed by atoms with Crippen LogP contribution < -0.4 is 0 Å². The molecule has 2 heterocycles. The van der Waals surface area contributed by atoms with Crippen LogP contribution in [-0.2, 0) is 0 Å². The van der Waals surface area contributed by atoms with Gasteiger partial charge in [-0.3, -0.25) is 0 Å². The van der Waals surface area contributed by atoms with Gasteiger partial charge in [-0.05, 0) is 0 Å². The molecule has 2 aliphatic rings. The molecule has 22 heteroatoms. The molecule has 0 aliphatic carbocycles. The van der Waals surface area contributed by atoms with Gasteiger partial charge in [0, 0.05) is 155 Å². The van der Waals surface area contributed by atoms with Crippen LogP contribution in [0.15, 0.2) is 0 Å². The lowest BCUT2D eigenvalue weighted by atomic mass is 11.8. The van der Waals surface area contributed by atoms with E-state index in [1.165, 1.54) is 0 Å². The van der Waals surface area contributed by atoms with Crippen LogP contribution in [0, 0.1) is 0 Å². The molecule has 0 nitrogen and oxygen atoms in total. The van der Waals surface area contributed by atoms with E-state index in [0.717, 1.165) is 0 Å². The summed E-state index contributed by atoms with van der Waals surface area (Å²) in [5, 5.41) is 0. The summed E-state index contributed by atoms with van der Waals surface area (Å²) in [4.78, 5) is 0. The van der Waals surface area contributed by atoms with Crippen molar-refractivity contribution in [1.82, 2.24) is 0 Å². The Kier molecular flexibility index (Phi) is 16.4. The summed E-state index contributed by atoms with van der Waals surface area (Å²) in [6.45, 7) is 135. The summed E-state index contributed by atoms with van der Waals surface area (Å²) in [6.07, 6.45) is -6.62. The molecule has 0 N–H and O–H groups in total. The van der Waals surface area contributed by atoms with Crippen molar-refractivity contribution >= 4 is 155 Å². The van der Waals surface area contributed by atoms with Crippen molar-refractivity contribution in [3.63, 3.8) is 0 Å².